The number of nitrogens with one attached hydrogen (secondary N) is 2. The van der Waals surface area contributed by atoms with E-state index in [9.17, 15) is 4.39 Å². The molecule has 20 heavy (non-hydrogen) atoms. The zero-order valence-electron chi connectivity index (χ0n) is 11.4. The van der Waals surface area contributed by atoms with Gasteiger partial charge in [-0.15, -0.1) is 0 Å². The summed E-state index contributed by atoms with van der Waals surface area (Å²) in [4.78, 5) is 7.78. The molecule has 2 N–H and O–H groups in total. The van der Waals surface area contributed by atoms with E-state index >= 15 is 0 Å². The molecule has 2 rings (SSSR count). The average molecular weight is 278 g/mol. The summed E-state index contributed by atoms with van der Waals surface area (Å²) in [6, 6.07) is 5.15. The van der Waals surface area contributed by atoms with Gasteiger partial charge in [-0.1, -0.05) is 0 Å². The Morgan fingerprint density at radius 3 is 2.55 bits per heavy atom. The van der Waals surface area contributed by atoms with Crippen LogP contribution in [0.25, 0.3) is 0 Å². The number of methoxy groups -OCH3 is 2. The van der Waals surface area contributed by atoms with Crippen LogP contribution in [-0.2, 0) is 0 Å². The first-order chi connectivity index (χ1) is 9.67. The highest BCUT2D eigenvalue weighted by Gasteiger charge is 2.09. The van der Waals surface area contributed by atoms with Gasteiger partial charge in [0, 0.05) is 18.8 Å². The Balaban J connectivity index is 2.30. The number of halogens is 1. The molecular formula is C13H15FN4O2. The summed E-state index contributed by atoms with van der Waals surface area (Å²) < 4.78 is 24.0. The Labute approximate surface area is 116 Å². The van der Waals surface area contributed by atoms with Crippen molar-refractivity contribution in [2.45, 2.75) is 0 Å². The van der Waals surface area contributed by atoms with Crippen molar-refractivity contribution in [3.05, 3.63) is 30.2 Å². The van der Waals surface area contributed by atoms with Crippen molar-refractivity contribution in [2.24, 2.45) is 0 Å². The summed E-state index contributed by atoms with van der Waals surface area (Å²) in [6.07, 6.45) is 1.10. The normalized spacial score (nSPS) is 10.0. The third kappa shape index (κ3) is 2.87. The van der Waals surface area contributed by atoms with Gasteiger partial charge < -0.3 is 20.1 Å². The Bertz CT molecular complexity index is 607. The Morgan fingerprint density at radius 2 is 1.90 bits per heavy atom. The van der Waals surface area contributed by atoms with Gasteiger partial charge in [0.15, 0.2) is 23.1 Å². The maximum Gasteiger partial charge on any atom is 0.224 e. The number of ether oxygens (including phenoxy) is 2. The molecule has 0 bridgehead atoms. The molecule has 0 radical (unpaired) electrons. The lowest BCUT2D eigenvalue weighted by molar-refractivity contribution is 0.355. The fourth-order valence-corrected chi connectivity index (χ4v) is 1.63. The minimum atomic E-state index is -0.543. The van der Waals surface area contributed by atoms with Crippen LogP contribution in [0.3, 0.4) is 0 Å². The standard InChI is InChI=1S/C13H15FN4O2/c1-15-13-16-7-9(14)12(18-13)17-8-4-5-10(19-2)11(6-8)20-3/h4-7H,1-3H3,(H2,15,16,17,18). The molecule has 1 heterocycles. The van der Waals surface area contributed by atoms with E-state index in [2.05, 4.69) is 20.6 Å². The predicted octanol–water partition coefficient (Wildman–Crippen LogP) is 2.42. The van der Waals surface area contributed by atoms with Gasteiger partial charge in [0.25, 0.3) is 0 Å². The summed E-state index contributed by atoms with van der Waals surface area (Å²) >= 11 is 0. The molecule has 0 fully saturated rings. The Kier molecular flexibility index (Phi) is 4.19. The summed E-state index contributed by atoms with van der Waals surface area (Å²) in [7, 11) is 4.74. The second kappa shape index (κ2) is 6.05. The number of hydrogen-bond acceptors (Lipinski definition) is 6. The number of aromatic nitrogens is 2. The van der Waals surface area contributed by atoms with Crippen LogP contribution in [0, 0.1) is 5.82 Å². The van der Waals surface area contributed by atoms with E-state index in [-0.39, 0.29) is 5.82 Å². The quantitative estimate of drug-likeness (QED) is 0.875. The van der Waals surface area contributed by atoms with Crippen molar-refractivity contribution in [1.29, 1.82) is 0 Å². The average Bonchev–Trinajstić information content (AvgIpc) is 2.49. The van der Waals surface area contributed by atoms with Crippen LogP contribution in [0.1, 0.15) is 0 Å². The lowest BCUT2D eigenvalue weighted by atomic mass is 10.2. The van der Waals surface area contributed by atoms with E-state index < -0.39 is 5.82 Å². The van der Waals surface area contributed by atoms with Crippen LogP contribution in [0.2, 0.25) is 0 Å². The van der Waals surface area contributed by atoms with Gasteiger partial charge in [-0.2, -0.15) is 4.98 Å². The van der Waals surface area contributed by atoms with Crippen LogP contribution in [0.4, 0.5) is 21.8 Å². The lowest BCUT2D eigenvalue weighted by Crippen LogP contribution is -2.03. The van der Waals surface area contributed by atoms with Crippen molar-refractivity contribution in [1.82, 2.24) is 9.97 Å². The largest absolute Gasteiger partial charge is 0.493 e. The molecule has 0 atom stereocenters. The maximum atomic E-state index is 13.6. The molecule has 1 aromatic carbocycles. The highest BCUT2D eigenvalue weighted by Crippen LogP contribution is 2.31. The Morgan fingerprint density at radius 1 is 1.15 bits per heavy atom. The van der Waals surface area contributed by atoms with Crippen LogP contribution in [0.15, 0.2) is 24.4 Å². The van der Waals surface area contributed by atoms with E-state index in [1.54, 1.807) is 32.4 Å². The molecule has 0 amide bonds. The topological polar surface area (TPSA) is 68.3 Å². The fraction of sp³-hybridized carbons (Fsp3) is 0.231. The molecular weight excluding hydrogens is 263 g/mol. The number of anilines is 3. The molecule has 0 aliphatic heterocycles. The second-order valence-electron chi connectivity index (χ2n) is 3.83. The molecule has 0 aliphatic rings. The zero-order valence-corrected chi connectivity index (χ0v) is 11.4. The first-order valence-electron chi connectivity index (χ1n) is 5.87. The number of benzene rings is 1. The number of nitrogens with zero attached hydrogens (tertiary/aromatic N) is 2. The van der Waals surface area contributed by atoms with Gasteiger partial charge >= 0.3 is 0 Å². The van der Waals surface area contributed by atoms with E-state index in [1.807, 2.05) is 0 Å². The maximum absolute atomic E-state index is 13.6. The minimum Gasteiger partial charge on any atom is -0.493 e. The van der Waals surface area contributed by atoms with Gasteiger partial charge in [0.1, 0.15) is 0 Å². The van der Waals surface area contributed by atoms with Crippen LogP contribution >= 0.6 is 0 Å². The van der Waals surface area contributed by atoms with Crippen molar-refractivity contribution in [2.75, 3.05) is 31.9 Å². The summed E-state index contributed by atoms with van der Waals surface area (Å²) in [5.41, 5.74) is 0.627. The van der Waals surface area contributed by atoms with Crippen molar-refractivity contribution >= 4 is 17.5 Å². The second-order valence-corrected chi connectivity index (χ2v) is 3.83. The number of hydrogen-bond donors (Lipinski definition) is 2. The van der Waals surface area contributed by atoms with E-state index in [1.165, 1.54) is 7.11 Å². The molecule has 2 aromatic rings. The zero-order chi connectivity index (χ0) is 14.5. The highest BCUT2D eigenvalue weighted by molar-refractivity contribution is 5.62. The minimum absolute atomic E-state index is 0.0802. The molecule has 0 aliphatic carbocycles. The first-order valence-corrected chi connectivity index (χ1v) is 5.87. The molecule has 7 heteroatoms. The third-order valence-corrected chi connectivity index (χ3v) is 2.61. The SMILES string of the molecule is CNc1ncc(F)c(Nc2ccc(OC)c(OC)c2)n1. The van der Waals surface area contributed by atoms with Crippen LogP contribution in [0.5, 0.6) is 11.5 Å². The summed E-state index contributed by atoms with van der Waals surface area (Å²) in [5, 5.41) is 5.62. The molecule has 6 nitrogen and oxygen atoms in total. The van der Waals surface area contributed by atoms with E-state index in [4.69, 9.17) is 9.47 Å². The van der Waals surface area contributed by atoms with Gasteiger partial charge in [-0.25, -0.2) is 9.37 Å². The summed E-state index contributed by atoms with van der Waals surface area (Å²) in [5.74, 6) is 1.00. The molecule has 0 unspecified atom stereocenters. The Hall–Kier alpha value is -2.57. The number of rotatable bonds is 5. The third-order valence-electron chi connectivity index (χ3n) is 2.61. The monoisotopic (exact) mass is 278 g/mol. The van der Waals surface area contributed by atoms with Gasteiger partial charge in [0.2, 0.25) is 5.95 Å². The van der Waals surface area contributed by atoms with Crippen LogP contribution < -0.4 is 20.1 Å². The van der Waals surface area contributed by atoms with E-state index in [0.29, 0.717) is 23.1 Å². The fourth-order valence-electron chi connectivity index (χ4n) is 1.63. The highest BCUT2D eigenvalue weighted by atomic mass is 19.1. The van der Waals surface area contributed by atoms with E-state index in [0.717, 1.165) is 6.20 Å². The van der Waals surface area contributed by atoms with Gasteiger partial charge in [0.05, 0.1) is 20.4 Å². The first kappa shape index (κ1) is 13.9. The molecule has 106 valence electrons. The van der Waals surface area contributed by atoms with Crippen LogP contribution in [-0.4, -0.2) is 31.2 Å². The van der Waals surface area contributed by atoms with Crippen molar-refractivity contribution in [3.63, 3.8) is 0 Å². The smallest absolute Gasteiger partial charge is 0.224 e. The predicted molar refractivity (Wildman–Crippen MR) is 74.4 cm³/mol. The van der Waals surface area contributed by atoms with Gasteiger partial charge in [-0.3, -0.25) is 0 Å². The van der Waals surface area contributed by atoms with Crippen molar-refractivity contribution < 1.29 is 13.9 Å². The van der Waals surface area contributed by atoms with Crippen molar-refractivity contribution in [3.8, 4) is 11.5 Å². The molecule has 0 saturated heterocycles. The van der Waals surface area contributed by atoms with Gasteiger partial charge in [-0.05, 0) is 12.1 Å². The lowest BCUT2D eigenvalue weighted by Gasteiger charge is -2.11. The molecule has 1 aromatic heterocycles. The molecule has 0 spiro atoms. The molecule has 0 saturated carbocycles. The summed E-state index contributed by atoms with van der Waals surface area (Å²) in [6.45, 7) is 0.